The third kappa shape index (κ3) is 5.30. The number of carbonyl (C=O) groups is 1. The minimum Gasteiger partial charge on any atom is -0.342 e. The molecular formula is C20H33N3O3S. The lowest BCUT2D eigenvalue weighted by molar-refractivity contribution is -0.132. The van der Waals surface area contributed by atoms with Crippen LogP contribution in [0.2, 0.25) is 0 Å². The van der Waals surface area contributed by atoms with Gasteiger partial charge in [-0.1, -0.05) is 26.0 Å². The van der Waals surface area contributed by atoms with E-state index in [0.29, 0.717) is 56.6 Å². The Bertz CT molecular complexity index is 706. The number of rotatable bonds is 8. The third-order valence-electron chi connectivity index (χ3n) is 5.51. The van der Waals surface area contributed by atoms with Crippen LogP contribution in [0.4, 0.5) is 0 Å². The van der Waals surface area contributed by atoms with Gasteiger partial charge in [-0.25, -0.2) is 8.42 Å². The van der Waals surface area contributed by atoms with Crippen LogP contribution >= 0.6 is 0 Å². The molecule has 1 amide bonds. The van der Waals surface area contributed by atoms with Gasteiger partial charge >= 0.3 is 0 Å². The molecule has 0 spiro atoms. The minimum absolute atomic E-state index is 0.108. The van der Waals surface area contributed by atoms with E-state index in [9.17, 15) is 13.2 Å². The van der Waals surface area contributed by atoms with E-state index in [2.05, 4.69) is 13.8 Å². The highest BCUT2D eigenvalue weighted by Gasteiger charge is 2.29. The average molecular weight is 396 g/mol. The van der Waals surface area contributed by atoms with Gasteiger partial charge in [0, 0.05) is 39.3 Å². The first-order chi connectivity index (χ1) is 12.8. The fourth-order valence-electron chi connectivity index (χ4n) is 3.35. The molecule has 1 saturated heterocycles. The van der Waals surface area contributed by atoms with E-state index in [0.717, 1.165) is 12.0 Å². The van der Waals surface area contributed by atoms with Gasteiger partial charge in [-0.05, 0) is 43.9 Å². The van der Waals surface area contributed by atoms with Crippen LogP contribution in [0.1, 0.15) is 45.6 Å². The standard InChI is InChI=1S/C20H33N3O3S/c1-5-17(4)18-8-10-19(11-9-18)27(25,26)23-14-12-21(13-15-23)16-20(24)22(6-2)7-3/h8-11,17H,5-7,12-16H2,1-4H3. The molecule has 0 aliphatic carbocycles. The van der Waals surface area contributed by atoms with Crippen molar-refractivity contribution in [2.45, 2.75) is 44.9 Å². The second kappa shape index (κ2) is 9.66. The third-order valence-corrected chi connectivity index (χ3v) is 7.42. The van der Waals surface area contributed by atoms with Crippen molar-refractivity contribution in [2.24, 2.45) is 0 Å². The van der Waals surface area contributed by atoms with Crippen molar-refractivity contribution in [2.75, 3.05) is 45.8 Å². The molecule has 0 aromatic heterocycles. The molecule has 27 heavy (non-hydrogen) atoms. The number of piperazine rings is 1. The fraction of sp³-hybridized carbons (Fsp3) is 0.650. The summed E-state index contributed by atoms with van der Waals surface area (Å²) in [5, 5.41) is 0. The van der Waals surface area contributed by atoms with Gasteiger partial charge in [0.15, 0.2) is 0 Å². The summed E-state index contributed by atoms with van der Waals surface area (Å²) in [6.07, 6.45) is 1.03. The number of likely N-dealkylation sites (N-methyl/N-ethyl adjacent to an activating group) is 1. The number of nitrogens with zero attached hydrogens (tertiary/aromatic N) is 3. The van der Waals surface area contributed by atoms with Crippen LogP contribution in [-0.4, -0.2) is 74.2 Å². The summed E-state index contributed by atoms with van der Waals surface area (Å²) in [7, 11) is -3.48. The lowest BCUT2D eigenvalue weighted by atomic mass is 9.99. The summed E-state index contributed by atoms with van der Waals surface area (Å²) in [6, 6.07) is 7.26. The number of hydrogen-bond acceptors (Lipinski definition) is 4. The normalized spacial score (nSPS) is 17.6. The van der Waals surface area contributed by atoms with Gasteiger partial charge in [0.25, 0.3) is 0 Å². The summed E-state index contributed by atoms with van der Waals surface area (Å²) in [5.41, 5.74) is 1.16. The molecule has 0 N–H and O–H groups in total. The maximum absolute atomic E-state index is 12.9. The molecule has 152 valence electrons. The highest BCUT2D eigenvalue weighted by Crippen LogP contribution is 2.23. The van der Waals surface area contributed by atoms with E-state index in [4.69, 9.17) is 0 Å². The first kappa shape index (κ1) is 21.9. The van der Waals surface area contributed by atoms with Crippen LogP contribution in [0.3, 0.4) is 0 Å². The number of amides is 1. The van der Waals surface area contributed by atoms with E-state index < -0.39 is 10.0 Å². The molecule has 1 aliphatic heterocycles. The lowest BCUT2D eigenvalue weighted by Gasteiger charge is -2.34. The van der Waals surface area contributed by atoms with Gasteiger partial charge in [-0.15, -0.1) is 0 Å². The van der Waals surface area contributed by atoms with Gasteiger partial charge < -0.3 is 4.90 Å². The topological polar surface area (TPSA) is 60.9 Å². The van der Waals surface area contributed by atoms with Crippen molar-refractivity contribution in [3.63, 3.8) is 0 Å². The van der Waals surface area contributed by atoms with Crippen LogP contribution in [0.25, 0.3) is 0 Å². The second-order valence-electron chi connectivity index (χ2n) is 7.12. The highest BCUT2D eigenvalue weighted by molar-refractivity contribution is 7.89. The van der Waals surface area contributed by atoms with E-state index >= 15 is 0 Å². The number of benzene rings is 1. The summed E-state index contributed by atoms with van der Waals surface area (Å²) in [6.45, 7) is 12.0. The Morgan fingerprint density at radius 2 is 1.59 bits per heavy atom. The molecule has 7 heteroatoms. The van der Waals surface area contributed by atoms with Crippen molar-refractivity contribution in [3.05, 3.63) is 29.8 Å². The Morgan fingerprint density at radius 1 is 1.04 bits per heavy atom. The Morgan fingerprint density at radius 3 is 2.07 bits per heavy atom. The zero-order valence-electron chi connectivity index (χ0n) is 17.0. The lowest BCUT2D eigenvalue weighted by Crippen LogP contribution is -2.51. The van der Waals surface area contributed by atoms with Crippen LogP contribution < -0.4 is 0 Å². The molecule has 2 rings (SSSR count). The Kier molecular flexibility index (Phi) is 7.82. The smallest absolute Gasteiger partial charge is 0.243 e. The monoisotopic (exact) mass is 395 g/mol. The fourth-order valence-corrected chi connectivity index (χ4v) is 4.77. The second-order valence-corrected chi connectivity index (χ2v) is 9.06. The molecule has 1 aromatic carbocycles. The predicted molar refractivity (Wildman–Crippen MR) is 108 cm³/mol. The zero-order valence-corrected chi connectivity index (χ0v) is 17.8. The number of carbonyl (C=O) groups excluding carboxylic acids is 1. The summed E-state index contributed by atoms with van der Waals surface area (Å²) in [4.78, 5) is 16.4. The molecule has 1 heterocycles. The van der Waals surface area contributed by atoms with E-state index in [1.165, 1.54) is 4.31 Å². The van der Waals surface area contributed by atoms with Gasteiger partial charge in [-0.2, -0.15) is 4.31 Å². The molecule has 1 aliphatic rings. The largest absolute Gasteiger partial charge is 0.342 e. The van der Waals surface area contributed by atoms with E-state index in [-0.39, 0.29) is 5.91 Å². The van der Waals surface area contributed by atoms with Crippen molar-refractivity contribution in [1.29, 1.82) is 0 Å². The molecule has 1 fully saturated rings. The average Bonchev–Trinajstić information content (AvgIpc) is 2.68. The molecule has 0 bridgehead atoms. The summed E-state index contributed by atoms with van der Waals surface area (Å²) < 4.78 is 27.3. The molecular weight excluding hydrogens is 362 g/mol. The van der Waals surface area contributed by atoms with Crippen molar-refractivity contribution in [1.82, 2.24) is 14.1 Å². The summed E-state index contributed by atoms with van der Waals surface area (Å²) >= 11 is 0. The van der Waals surface area contributed by atoms with Crippen molar-refractivity contribution in [3.8, 4) is 0 Å². The van der Waals surface area contributed by atoms with Gasteiger partial charge in [0.2, 0.25) is 15.9 Å². The zero-order chi connectivity index (χ0) is 20.0. The molecule has 1 atom stereocenters. The SMILES string of the molecule is CCC(C)c1ccc(S(=O)(=O)N2CCN(CC(=O)N(CC)CC)CC2)cc1. The Balaban J connectivity index is 1.97. The molecule has 0 saturated carbocycles. The molecule has 1 aromatic rings. The van der Waals surface area contributed by atoms with Gasteiger partial charge in [0.05, 0.1) is 11.4 Å². The van der Waals surface area contributed by atoms with Crippen molar-refractivity contribution >= 4 is 15.9 Å². The minimum atomic E-state index is -3.48. The maximum atomic E-state index is 12.9. The first-order valence-corrected chi connectivity index (χ1v) is 11.4. The quantitative estimate of drug-likeness (QED) is 0.678. The van der Waals surface area contributed by atoms with Gasteiger partial charge in [-0.3, -0.25) is 9.69 Å². The number of hydrogen-bond donors (Lipinski definition) is 0. The first-order valence-electron chi connectivity index (χ1n) is 9.93. The van der Waals surface area contributed by atoms with Gasteiger partial charge in [0.1, 0.15) is 0 Å². The van der Waals surface area contributed by atoms with Crippen LogP contribution in [0.5, 0.6) is 0 Å². The van der Waals surface area contributed by atoms with Crippen molar-refractivity contribution < 1.29 is 13.2 Å². The molecule has 1 unspecified atom stereocenters. The molecule has 0 radical (unpaired) electrons. The Labute approximate surface area is 164 Å². The van der Waals surface area contributed by atoms with Crippen LogP contribution in [-0.2, 0) is 14.8 Å². The predicted octanol–water partition coefficient (Wildman–Crippen LogP) is 2.37. The van der Waals surface area contributed by atoms with Crippen LogP contribution in [0, 0.1) is 0 Å². The number of sulfonamides is 1. The van der Waals surface area contributed by atoms with E-state index in [1.807, 2.05) is 35.8 Å². The van der Waals surface area contributed by atoms with Crippen LogP contribution in [0.15, 0.2) is 29.2 Å². The van der Waals surface area contributed by atoms with E-state index in [1.54, 1.807) is 12.1 Å². The maximum Gasteiger partial charge on any atom is 0.243 e. The Hall–Kier alpha value is -1.44. The molecule has 6 nitrogen and oxygen atoms in total. The summed E-state index contributed by atoms with van der Waals surface area (Å²) in [5.74, 6) is 0.533. The highest BCUT2D eigenvalue weighted by atomic mass is 32.2.